The van der Waals surface area contributed by atoms with Crippen molar-refractivity contribution in [3.05, 3.63) is 0 Å². The summed E-state index contributed by atoms with van der Waals surface area (Å²) in [6.45, 7) is 12.9. The number of amides is 1. The number of nitrogens with zero attached hydrogens (tertiary/aromatic N) is 1. The van der Waals surface area contributed by atoms with Crippen LogP contribution in [-0.2, 0) is 9.53 Å². The third kappa shape index (κ3) is 6.51. The van der Waals surface area contributed by atoms with E-state index in [1.807, 2.05) is 6.92 Å². The van der Waals surface area contributed by atoms with E-state index in [4.69, 9.17) is 10.5 Å². The molecule has 0 radical (unpaired) electrons. The highest BCUT2D eigenvalue weighted by Gasteiger charge is 2.33. The van der Waals surface area contributed by atoms with Gasteiger partial charge in [0, 0.05) is 25.2 Å². The second kappa shape index (κ2) is 8.93. The van der Waals surface area contributed by atoms with Gasteiger partial charge in [-0.15, -0.1) is 12.4 Å². The minimum Gasteiger partial charge on any atom is -0.373 e. The normalized spacial score (nSPS) is 25.0. The molecule has 1 aliphatic rings. The van der Waals surface area contributed by atoms with Gasteiger partial charge in [-0.3, -0.25) is 9.69 Å². The number of ether oxygens (including phenoxy) is 1. The maximum absolute atomic E-state index is 11.9. The number of nitrogens with two attached hydrogens (primary N) is 1. The van der Waals surface area contributed by atoms with Crippen LogP contribution in [0.15, 0.2) is 0 Å². The monoisotopic (exact) mass is 321 g/mol. The van der Waals surface area contributed by atoms with Crippen LogP contribution < -0.4 is 11.1 Å². The van der Waals surface area contributed by atoms with Crippen LogP contribution in [0.3, 0.4) is 0 Å². The van der Waals surface area contributed by atoms with Gasteiger partial charge in [0.25, 0.3) is 0 Å². The highest BCUT2D eigenvalue weighted by molar-refractivity contribution is 5.85. The first-order chi connectivity index (χ1) is 9.26. The van der Waals surface area contributed by atoms with E-state index >= 15 is 0 Å². The SMILES string of the molecule is CCCC(N)C(=O)NCC(C)(C)N1CC(C)OC(C)C1.Cl. The zero-order valence-electron chi connectivity index (χ0n) is 14.0. The summed E-state index contributed by atoms with van der Waals surface area (Å²) in [6.07, 6.45) is 2.13. The van der Waals surface area contributed by atoms with Crippen molar-refractivity contribution in [2.75, 3.05) is 19.6 Å². The molecule has 0 aliphatic carbocycles. The summed E-state index contributed by atoms with van der Waals surface area (Å²) >= 11 is 0. The molecule has 0 aromatic rings. The van der Waals surface area contributed by atoms with Gasteiger partial charge in [-0.05, 0) is 34.1 Å². The number of nitrogens with one attached hydrogen (secondary N) is 1. The molecule has 0 bridgehead atoms. The molecule has 6 heteroatoms. The van der Waals surface area contributed by atoms with Crippen LogP contribution in [-0.4, -0.2) is 54.2 Å². The van der Waals surface area contributed by atoms with Crippen LogP contribution in [0.25, 0.3) is 0 Å². The van der Waals surface area contributed by atoms with Gasteiger partial charge in [-0.1, -0.05) is 13.3 Å². The molecular weight excluding hydrogens is 290 g/mol. The summed E-state index contributed by atoms with van der Waals surface area (Å²) in [5.74, 6) is -0.0470. The topological polar surface area (TPSA) is 67.6 Å². The number of carbonyl (C=O) groups is 1. The number of hydrogen-bond acceptors (Lipinski definition) is 4. The van der Waals surface area contributed by atoms with Gasteiger partial charge < -0.3 is 15.8 Å². The first kappa shape index (κ1) is 20.6. The summed E-state index contributed by atoms with van der Waals surface area (Å²) in [4.78, 5) is 14.3. The average molecular weight is 322 g/mol. The van der Waals surface area contributed by atoms with Crippen molar-refractivity contribution in [1.29, 1.82) is 0 Å². The van der Waals surface area contributed by atoms with Crippen molar-refractivity contribution >= 4 is 18.3 Å². The van der Waals surface area contributed by atoms with E-state index < -0.39 is 6.04 Å². The van der Waals surface area contributed by atoms with Crippen molar-refractivity contribution in [3.8, 4) is 0 Å². The summed E-state index contributed by atoms with van der Waals surface area (Å²) in [5, 5.41) is 2.99. The molecule has 126 valence electrons. The second-order valence-electron chi connectivity index (χ2n) is 6.59. The molecule has 0 spiro atoms. The molecule has 3 unspecified atom stereocenters. The summed E-state index contributed by atoms with van der Waals surface area (Å²) in [7, 11) is 0. The van der Waals surface area contributed by atoms with Crippen molar-refractivity contribution in [1.82, 2.24) is 10.2 Å². The maximum Gasteiger partial charge on any atom is 0.236 e. The van der Waals surface area contributed by atoms with Crippen LogP contribution in [0, 0.1) is 0 Å². The fourth-order valence-electron chi connectivity index (χ4n) is 2.66. The summed E-state index contributed by atoms with van der Waals surface area (Å²) in [5.41, 5.74) is 5.74. The molecule has 21 heavy (non-hydrogen) atoms. The lowest BCUT2D eigenvalue weighted by Gasteiger charge is -2.45. The van der Waals surface area contributed by atoms with E-state index in [0.717, 1.165) is 25.9 Å². The highest BCUT2D eigenvalue weighted by Crippen LogP contribution is 2.20. The Morgan fingerprint density at radius 2 is 1.90 bits per heavy atom. The molecule has 3 N–H and O–H groups in total. The highest BCUT2D eigenvalue weighted by atomic mass is 35.5. The number of rotatable bonds is 6. The largest absolute Gasteiger partial charge is 0.373 e. The van der Waals surface area contributed by atoms with Gasteiger partial charge in [0.2, 0.25) is 5.91 Å². The van der Waals surface area contributed by atoms with Gasteiger partial charge >= 0.3 is 0 Å². The third-order valence-electron chi connectivity index (χ3n) is 3.91. The van der Waals surface area contributed by atoms with E-state index in [1.54, 1.807) is 0 Å². The van der Waals surface area contributed by atoms with Crippen LogP contribution in [0.1, 0.15) is 47.5 Å². The molecule has 1 amide bonds. The van der Waals surface area contributed by atoms with E-state index in [0.29, 0.717) is 6.54 Å². The number of morpholine rings is 1. The predicted molar refractivity (Wildman–Crippen MR) is 88.8 cm³/mol. The Morgan fingerprint density at radius 3 is 2.38 bits per heavy atom. The fraction of sp³-hybridized carbons (Fsp3) is 0.933. The minimum atomic E-state index is -0.390. The summed E-state index contributed by atoms with van der Waals surface area (Å²) in [6, 6.07) is -0.390. The Bertz CT molecular complexity index is 316. The van der Waals surface area contributed by atoms with Crippen molar-refractivity contribution in [3.63, 3.8) is 0 Å². The Balaban J connectivity index is 0.00000400. The van der Waals surface area contributed by atoms with Gasteiger partial charge in [-0.2, -0.15) is 0 Å². The number of hydrogen-bond donors (Lipinski definition) is 2. The zero-order chi connectivity index (χ0) is 15.3. The molecule has 5 nitrogen and oxygen atoms in total. The number of carbonyl (C=O) groups excluding carboxylic acids is 1. The smallest absolute Gasteiger partial charge is 0.236 e. The molecule has 1 fully saturated rings. The lowest BCUT2D eigenvalue weighted by molar-refractivity contribution is -0.124. The average Bonchev–Trinajstić information content (AvgIpc) is 2.35. The molecule has 0 aromatic heterocycles. The standard InChI is InChI=1S/C15H31N3O2.ClH/c1-6-7-13(16)14(19)17-10-15(4,5)18-8-11(2)20-12(3)9-18;/h11-13H,6-10,16H2,1-5H3,(H,17,19);1H. The molecule has 0 aromatic carbocycles. The van der Waals surface area contributed by atoms with Crippen molar-refractivity contribution in [2.24, 2.45) is 5.73 Å². The predicted octanol–water partition coefficient (Wildman–Crippen LogP) is 1.54. The van der Waals surface area contributed by atoms with Crippen LogP contribution >= 0.6 is 12.4 Å². The Morgan fingerprint density at radius 1 is 1.38 bits per heavy atom. The lowest BCUT2D eigenvalue weighted by Crippen LogP contribution is -2.59. The van der Waals surface area contributed by atoms with Crippen LogP contribution in [0.5, 0.6) is 0 Å². The molecular formula is C15H32ClN3O2. The van der Waals surface area contributed by atoms with E-state index in [9.17, 15) is 4.79 Å². The minimum absolute atomic E-state index is 0. The molecule has 1 heterocycles. The van der Waals surface area contributed by atoms with E-state index in [-0.39, 0.29) is 36.1 Å². The molecule has 3 atom stereocenters. The Hall–Kier alpha value is -0.360. The summed E-state index contributed by atoms with van der Waals surface area (Å²) < 4.78 is 5.76. The lowest BCUT2D eigenvalue weighted by atomic mass is 9.99. The molecule has 1 rings (SSSR count). The van der Waals surface area contributed by atoms with Crippen LogP contribution in [0.2, 0.25) is 0 Å². The van der Waals surface area contributed by atoms with Gasteiger partial charge in [-0.25, -0.2) is 0 Å². The fourth-order valence-corrected chi connectivity index (χ4v) is 2.66. The van der Waals surface area contributed by atoms with E-state index in [2.05, 4.69) is 37.9 Å². The van der Waals surface area contributed by atoms with Gasteiger partial charge in [0.05, 0.1) is 18.2 Å². The first-order valence-electron chi connectivity index (χ1n) is 7.70. The van der Waals surface area contributed by atoms with Crippen LogP contribution in [0.4, 0.5) is 0 Å². The maximum atomic E-state index is 11.9. The third-order valence-corrected chi connectivity index (χ3v) is 3.91. The molecule has 1 saturated heterocycles. The second-order valence-corrected chi connectivity index (χ2v) is 6.59. The Kier molecular flexibility index (Phi) is 8.78. The van der Waals surface area contributed by atoms with Gasteiger partial charge in [0.1, 0.15) is 0 Å². The molecule has 0 saturated carbocycles. The van der Waals surface area contributed by atoms with Gasteiger partial charge in [0.15, 0.2) is 0 Å². The molecule has 1 aliphatic heterocycles. The zero-order valence-corrected chi connectivity index (χ0v) is 14.8. The Labute approximate surface area is 135 Å². The first-order valence-corrected chi connectivity index (χ1v) is 7.70. The van der Waals surface area contributed by atoms with Crippen molar-refractivity contribution in [2.45, 2.75) is 71.2 Å². The van der Waals surface area contributed by atoms with E-state index in [1.165, 1.54) is 0 Å². The van der Waals surface area contributed by atoms with Crippen molar-refractivity contribution < 1.29 is 9.53 Å². The number of halogens is 1. The quantitative estimate of drug-likeness (QED) is 0.778.